The van der Waals surface area contributed by atoms with Crippen LogP contribution in [0.15, 0.2) is 18.2 Å². The monoisotopic (exact) mass is 275 g/mol. The summed E-state index contributed by atoms with van der Waals surface area (Å²) in [7, 11) is 0. The van der Waals surface area contributed by atoms with Crippen molar-refractivity contribution in [3.05, 3.63) is 33.9 Å². The van der Waals surface area contributed by atoms with Crippen LogP contribution in [0.1, 0.15) is 18.9 Å². The molecule has 1 aromatic carbocycles. The van der Waals surface area contributed by atoms with Gasteiger partial charge in [0.2, 0.25) is 0 Å². The number of anilines is 1. The molecule has 2 unspecified atom stereocenters. The fourth-order valence-electron chi connectivity index (χ4n) is 2.59. The van der Waals surface area contributed by atoms with E-state index >= 15 is 0 Å². The molecule has 0 radical (unpaired) electrons. The number of nitro groups is 1. The van der Waals surface area contributed by atoms with E-state index in [1.807, 2.05) is 11.0 Å². The van der Waals surface area contributed by atoms with E-state index in [2.05, 4.69) is 0 Å². The number of hydrogen-bond donors (Lipinski definition) is 1. The Bertz CT molecular complexity index is 608. The first-order valence-electron chi connectivity index (χ1n) is 6.13. The molecule has 1 aromatic rings. The van der Waals surface area contributed by atoms with Gasteiger partial charge in [-0.25, -0.2) is 0 Å². The van der Waals surface area contributed by atoms with Gasteiger partial charge in [-0.2, -0.15) is 5.26 Å². The molecule has 0 amide bonds. The van der Waals surface area contributed by atoms with Crippen LogP contribution in [-0.2, 0) is 4.79 Å². The summed E-state index contributed by atoms with van der Waals surface area (Å²) < 4.78 is 0. The molecule has 7 heteroatoms. The molecule has 0 aliphatic carbocycles. The summed E-state index contributed by atoms with van der Waals surface area (Å²) >= 11 is 0. The third-order valence-electron chi connectivity index (χ3n) is 3.69. The Balaban J connectivity index is 2.37. The van der Waals surface area contributed by atoms with Crippen molar-refractivity contribution in [3.8, 4) is 6.07 Å². The van der Waals surface area contributed by atoms with Crippen LogP contribution in [0.5, 0.6) is 0 Å². The minimum atomic E-state index is -0.861. The lowest BCUT2D eigenvalue weighted by Gasteiger charge is -2.26. The number of carbonyl (C=O) groups is 1. The third kappa shape index (κ3) is 2.28. The molecule has 7 nitrogen and oxygen atoms in total. The maximum Gasteiger partial charge on any atom is 0.308 e. The van der Waals surface area contributed by atoms with E-state index in [0.717, 1.165) is 0 Å². The van der Waals surface area contributed by atoms with E-state index in [9.17, 15) is 14.9 Å². The molecular formula is C13H13N3O4. The van der Waals surface area contributed by atoms with Gasteiger partial charge < -0.3 is 10.0 Å². The first-order chi connectivity index (χ1) is 9.45. The predicted octanol–water partition coefficient (Wildman–Crippen LogP) is 1.77. The highest BCUT2D eigenvalue weighted by Gasteiger charge is 2.36. The number of carboxylic acids is 1. The van der Waals surface area contributed by atoms with E-state index < -0.39 is 16.8 Å². The SMILES string of the molecule is CC1C(C(=O)O)CCN1c1ccc([N+](=O)[O-])cc1C#N. The highest BCUT2D eigenvalue weighted by atomic mass is 16.6. The van der Waals surface area contributed by atoms with Gasteiger partial charge in [-0.1, -0.05) is 0 Å². The minimum Gasteiger partial charge on any atom is -0.481 e. The van der Waals surface area contributed by atoms with E-state index in [-0.39, 0.29) is 17.3 Å². The second kappa shape index (κ2) is 5.17. The lowest BCUT2D eigenvalue weighted by Crippen LogP contribution is -2.33. The van der Waals surface area contributed by atoms with Crippen molar-refractivity contribution in [1.29, 1.82) is 5.26 Å². The van der Waals surface area contributed by atoms with Crippen LogP contribution < -0.4 is 4.90 Å². The molecule has 0 bridgehead atoms. The number of nitriles is 1. The molecule has 0 spiro atoms. The number of aliphatic carboxylic acids is 1. The van der Waals surface area contributed by atoms with Gasteiger partial charge in [-0.15, -0.1) is 0 Å². The van der Waals surface area contributed by atoms with Crippen molar-refractivity contribution in [2.75, 3.05) is 11.4 Å². The molecule has 1 heterocycles. The second-order valence-electron chi connectivity index (χ2n) is 4.74. The zero-order valence-corrected chi connectivity index (χ0v) is 10.8. The topological polar surface area (TPSA) is 107 Å². The van der Waals surface area contributed by atoms with Gasteiger partial charge in [0, 0.05) is 24.7 Å². The van der Waals surface area contributed by atoms with E-state index in [0.29, 0.717) is 18.7 Å². The summed E-state index contributed by atoms with van der Waals surface area (Å²) in [6.45, 7) is 2.30. The number of benzene rings is 1. The van der Waals surface area contributed by atoms with Gasteiger partial charge in [0.25, 0.3) is 5.69 Å². The second-order valence-corrected chi connectivity index (χ2v) is 4.74. The molecule has 1 N–H and O–H groups in total. The van der Waals surface area contributed by atoms with Crippen LogP contribution in [0.2, 0.25) is 0 Å². The van der Waals surface area contributed by atoms with Gasteiger partial charge in [0.05, 0.1) is 22.1 Å². The number of nitro benzene ring substituents is 1. The summed E-state index contributed by atoms with van der Waals surface area (Å²) in [6.07, 6.45) is 0.498. The molecule has 104 valence electrons. The Morgan fingerprint density at radius 1 is 1.60 bits per heavy atom. The Labute approximate surface area is 115 Å². The number of non-ortho nitro benzene ring substituents is 1. The average Bonchev–Trinajstić information content (AvgIpc) is 2.79. The highest BCUT2D eigenvalue weighted by molar-refractivity contribution is 5.74. The molecule has 1 aliphatic heterocycles. The Morgan fingerprint density at radius 2 is 2.30 bits per heavy atom. The Hall–Kier alpha value is -2.62. The zero-order valence-electron chi connectivity index (χ0n) is 10.8. The lowest BCUT2D eigenvalue weighted by atomic mass is 10.0. The summed E-state index contributed by atoms with van der Waals surface area (Å²) in [6, 6.07) is 5.75. The first kappa shape index (κ1) is 13.8. The first-order valence-corrected chi connectivity index (χ1v) is 6.13. The third-order valence-corrected chi connectivity index (χ3v) is 3.69. The van der Waals surface area contributed by atoms with E-state index in [1.165, 1.54) is 18.2 Å². The zero-order chi connectivity index (χ0) is 14.9. The van der Waals surface area contributed by atoms with Crippen LogP contribution in [0.4, 0.5) is 11.4 Å². The van der Waals surface area contributed by atoms with Crippen LogP contribution in [0.25, 0.3) is 0 Å². The van der Waals surface area contributed by atoms with Crippen LogP contribution >= 0.6 is 0 Å². The fraction of sp³-hybridized carbons (Fsp3) is 0.385. The van der Waals surface area contributed by atoms with Gasteiger partial charge in [0.15, 0.2) is 0 Å². The number of hydrogen-bond acceptors (Lipinski definition) is 5. The van der Waals surface area contributed by atoms with E-state index in [4.69, 9.17) is 10.4 Å². The normalized spacial score (nSPS) is 21.5. The van der Waals surface area contributed by atoms with Gasteiger partial charge >= 0.3 is 5.97 Å². The van der Waals surface area contributed by atoms with Gasteiger partial charge in [-0.3, -0.25) is 14.9 Å². The van der Waals surface area contributed by atoms with Gasteiger partial charge in [-0.05, 0) is 19.4 Å². The largest absolute Gasteiger partial charge is 0.481 e. The van der Waals surface area contributed by atoms with Crippen LogP contribution in [0.3, 0.4) is 0 Å². The quantitative estimate of drug-likeness (QED) is 0.665. The molecule has 2 atom stereocenters. The Morgan fingerprint density at radius 3 is 2.80 bits per heavy atom. The molecule has 2 rings (SSSR count). The maximum absolute atomic E-state index is 11.1. The molecule has 0 saturated carbocycles. The van der Waals surface area contributed by atoms with Crippen LogP contribution in [-0.4, -0.2) is 28.6 Å². The number of rotatable bonds is 3. The Kier molecular flexibility index (Phi) is 3.57. The summed E-state index contributed by atoms with van der Waals surface area (Å²) in [5, 5.41) is 29.0. The van der Waals surface area contributed by atoms with Crippen molar-refractivity contribution in [2.24, 2.45) is 5.92 Å². The molecule has 20 heavy (non-hydrogen) atoms. The van der Waals surface area contributed by atoms with Crippen molar-refractivity contribution in [1.82, 2.24) is 0 Å². The van der Waals surface area contributed by atoms with Gasteiger partial charge in [0.1, 0.15) is 6.07 Å². The van der Waals surface area contributed by atoms with Crippen molar-refractivity contribution >= 4 is 17.3 Å². The molecular weight excluding hydrogens is 262 g/mol. The number of nitrogens with zero attached hydrogens (tertiary/aromatic N) is 3. The molecule has 0 aromatic heterocycles. The lowest BCUT2D eigenvalue weighted by molar-refractivity contribution is -0.384. The molecule has 1 saturated heterocycles. The smallest absolute Gasteiger partial charge is 0.308 e. The molecule has 1 fully saturated rings. The predicted molar refractivity (Wildman–Crippen MR) is 70.4 cm³/mol. The van der Waals surface area contributed by atoms with Crippen LogP contribution in [0, 0.1) is 27.4 Å². The maximum atomic E-state index is 11.1. The van der Waals surface area contributed by atoms with Crippen molar-refractivity contribution in [2.45, 2.75) is 19.4 Å². The summed E-state index contributed by atoms with van der Waals surface area (Å²) in [4.78, 5) is 23.1. The minimum absolute atomic E-state index is 0.146. The van der Waals surface area contributed by atoms with Crippen molar-refractivity contribution in [3.63, 3.8) is 0 Å². The molecule has 1 aliphatic rings. The summed E-state index contributed by atoms with van der Waals surface area (Å²) in [5.74, 6) is -1.35. The number of carboxylic acid groups (broad SMARTS) is 1. The van der Waals surface area contributed by atoms with E-state index in [1.54, 1.807) is 6.92 Å². The average molecular weight is 275 g/mol. The highest BCUT2D eigenvalue weighted by Crippen LogP contribution is 2.33. The fourth-order valence-corrected chi connectivity index (χ4v) is 2.59. The van der Waals surface area contributed by atoms with Crippen molar-refractivity contribution < 1.29 is 14.8 Å². The summed E-state index contributed by atoms with van der Waals surface area (Å²) in [5.41, 5.74) is 0.596. The standard InChI is InChI=1S/C13H13N3O4/c1-8-11(13(17)18)4-5-15(8)12-3-2-10(16(19)20)6-9(12)7-14/h2-3,6,8,11H,4-5H2,1H3,(H,17,18).